The van der Waals surface area contributed by atoms with Crippen LogP contribution in [-0.2, 0) is 14.8 Å². The Balaban J connectivity index is 2.98. The van der Waals surface area contributed by atoms with Gasteiger partial charge in [-0.25, -0.2) is 8.42 Å². The van der Waals surface area contributed by atoms with Crippen molar-refractivity contribution in [2.45, 2.75) is 24.3 Å². The number of benzene rings is 1. The smallest absolute Gasteiger partial charge is 0.321 e. The van der Waals surface area contributed by atoms with E-state index in [2.05, 4.69) is 10.0 Å². The summed E-state index contributed by atoms with van der Waals surface area (Å²) in [5, 5.41) is 11.3. The van der Waals surface area contributed by atoms with Crippen molar-refractivity contribution in [3.05, 3.63) is 29.8 Å². The number of hydrogen-bond donors (Lipinski definition) is 3. The van der Waals surface area contributed by atoms with E-state index in [0.717, 1.165) is 0 Å². The van der Waals surface area contributed by atoms with E-state index in [1.165, 1.54) is 31.3 Å². The minimum atomic E-state index is -3.93. The van der Waals surface area contributed by atoms with Crippen LogP contribution in [0.2, 0.25) is 0 Å². The van der Waals surface area contributed by atoms with Crippen molar-refractivity contribution in [1.29, 1.82) is 0 Å². The Hall–Kier alpha value is -1.93. The second kappa shape index (κ2) is 6.49. The minimum absolute atomic E-state index is 0.0927. The van der Waals surface area contributed by atoms with Crippen molar-refractivity contribution < 1.29 is 23.1 Å². The van der Waals surface area contributed by atoms with Gasteiger partial charge in [0.2, 0.25) is 10.0 Å². The summed E-state index contributed by atoms with van der Waals surface area (Å²) >= 11 is 0. The van der Waals surface area contributed by atoms with Crippen LogP contribution in [0.3, 0.4) is 0 Å². The van der Waals surface area contributed by atoms with Gasteiger partial charge in [-0.3, -0.25) is 9.59 Å². The highest BCUT2D eigenvalue weighted by molar-refractivity contribution is 7.89. The highest BCUT2D eigenvalue weighted by Gasteiger charge is 2.23. The van der Waals surface area contributed by atoms with Crippen LogP contribution in [0, 0.1) is 0 Å². The average Bonchev–Trinajstić information content (AvgIpc) is 2.43. The molecular formula is C12H16N2O5S. The Morgan fingerprint density at radius 2 is 1.80 bits per heavy atom. The Labute approximate surface area is 117 Å². The first-order valence-electron chi connectivity index (χ1n) is 5.89. The molecule has 0 fully saturated rings. The number of carbonyl (C=O) groups is 2. The van der Waals surface area contributed by atoms with E-state index in [0.29, 0.717) is 5.56 Å². The largest absolute Gasteiger partial charge is 0.480 e. The van der Waals surface area contributed by atoms with Crippen LogP contribution in [0.15, 0.2) is 29.2 Å². The van der Waals surface area contributed by atoms with E-state index < -0.39 is 22.0 Å². The normalized spacial score (nSPS) is 12.7. The van der Waals surface area contributed by atoms with Gasteiger partial charge in [0.15, 0.2) is 0 Å². The summed E-state index contributed by atoms with van der Waals surface area (Å²) in [6.07, 6.45) is 0.130. The summed E-state index contributed by atoms with van der Waals surface area (Å²) in [5.41, 5.74) is 0.316. The van der Waals surface area contributed by atoms with Gasteiger partial charge >= 0.3 is 5.97 Å². The quantitative estimate of drug-likeness (QED) is 0.694. The van der Waals surface area contributed by atoms with E-state index >= 15 is 0 Å². The van der Waals surface area contributed by atoms with Crippen LogP contribution >= 0.6 is 0 Å². The maximum absolute atomic E-state index is 12.0. The highest BCUT2D eigenvalue weighted by atomic mass is 32.2. The van der Waals surface area contributed by atoms with E-state index in [4.69, 9.17) is 5.11 Å². The molecule has 0 aliphatic heterocycles. The van der Waals surface area contributed by atoms with E-state index in [-0.39, 0.29) is 17.2 Å². The average molecular weight is 300 g/mol. The molecule has 0 bridgehead atoms. The van der Waals surface area contributed by atoms with Crippen molar-refractivity contribution in [2.24, 2.45) is 0 Å². The molecule has 0 spiro atoms. The Bertz CT molecular complexity index is 595. The number of hydrogen-bond acceptors (Lipinski definition) is 4. The first-order valence-corrected chi connectivity index (χ1v) is 7.37. The molecule has 1 atom stereocenters. The zero-order valence-corrected chi connectivity index (χ0v) is 11.9. The van der Waals surface area contributed by atoms with Gasteiger partial charge in [0.05, 0.1) is 4.90 Å². The summed E-state index contributed by atoms with van der Waals surface area (Å²) in [5.74, 6) is -1.57. The first-order chi connectivity index (χ1) is 9.31. The topological polar surface area (TPSA) is 113 Å². The number of rotatable bonds is 6. The molecule has 0 saturated heterocycles. The van der Waals surface area contributed by atoms with Crippen molar-refractivity contribution in [3.63, 3.8) is 0 Å². The number of carbonyl (C=O) groups excluding carboxylic acids is 1. The summed E-state index contributed by atoms with van der Waals surface area (Å²) in [6.45, 7) is 1.57. The summed E-state index contributed by atoms with van der Waals surface area (Å²) in [4.78, 5) is 22.1. The molecule has 1 amide bonds. The molecule has 7 nitrogen and oxygen atoms in total. The van der Waals surface area contributed by atoms with E-state index in [1.807, 2.05) is 0 Å². The summed E-state index contributed by atoms with van der Waals surface area (Å²) < 4.78 is 26.1. The standard InChI is InChI=1S/C12H16N2O5S/c1-3-10(12(16)17)14-20(18,19)9-6-4-8(5-7-9)11(15)13-2/h4-7,10,14H,3H2,1-2H3,(H,13,15)(H,16,17)/t10-/m0/s1. The number of nitrogens with one attached hydrogen (secondary N) is 2. The fourth-order valence-electron chi connectivity index (χ4n) is 1.49. The number of amides is 1. The maximum atomic E-state index is 12.0. The molecule has 0 aliphatic rings. The van der Waals surface area contributed by atoms with E-state index in [9.17, 15) is 18.0 Å². The lowest BCUT2D eigenvalue weighted by atomic mass is 10.2. The Morgan fingerprint density at radius 3 is 2.20 bits per heavy atom. The van der Waals surface area contributed by atoms with Crippen LogP contribution in [0.1, 0.15) is 23.7 Å². The molecule has 8 heteroatoms. The molecule has 0 aromatic heterocycles. The molecule has 20 heavy (non-hydrogen) atoms. The third-order valence-electron chi connectivity index (χ3n) is 2.66. The maximum Gasteiger partial charge on any atom is 0.321 e. The van der Waals surface area contributed by atoms with Gasteiger partial charge in [0.1, 0.15) is 6.04 Å². The van der Waals surface area contributed by atoms with Crippen molar-refractivity contribution in [1.82, 2.24) is 10.0 Å². The van der Waals surface area contributed by atoms with Gasteiger partial charge < -0.3 is 10.4 Å². The fraction of sp³-hybridized carbons (Fsp3) is 0.333. The molecule has 0 radical (unpaired) electrons. The van der Waals surface area contributed by atoms with Gasteiger partial charge in [-0.2, -0.15) is 4.72 Å². The predicted molar refractivity (Wildman–Crippen MR) is 71.9 cm³/mol. The van der Waals surface area contributed by atoms with Gasteiger partial charge in [-0.05, 0) is 30.7 Å². The molecule has 1 aromatic rings. The van der Waals surface area contributed by atoms with Crippen LogP contribution < -0.4 is 10.0 Å². The third kappa shape index (κ3) is 3.78. The number of carboxylic acids is 1. The van der Waals surface area contributed by atoms with Gasteiger partial charge in [-0.1, -0.05) is 6.92 Å². The van der Waals surface area contributed by atoms with Crippen molar-refractivity contribution >= 4 is 21.9 Å². The van der Waals surface area contributed by atoms with Gasteiger partial charge in [0.25, 0.3) is 5.91 Å². The molecule has 0 saturated carbocycles. The number of aliphatic carboxylic acids is 1. The molecule has 1 aromatic carbocycles. The van der Waals surface area contributed by atoms with Crippen LogP contribution in [-0.4, -0.2) is 38.5 Å². The van der Waals surface area contributed by atoms with Crippen molar-refractivity contribution in [2.75, 3.05) is 7.05 Å². The molecule has 0 unspecified atom stereocenters. The van der Waals surface area contributed by atoms with Crippen molar-refractivity contribution in [3.8, 4) is 0 Å². The molecule has 0 aliphatic carbocycles. The molecular weight excluding hydrogens is 284 g/mol. The second-order valence-electron chi connectivity index (χ2n) is 4.02. The van der Waals surface area contributed by atoms with Gasteiger partial charge in [0, 0.05) is 12.6 Å². The lowest BCUT2D eigenvalue weighted by molar-refractivity contribution is -0.139. The Kier molecular flexibility index (Phi) is 5.23. The molecule has 110 valence electrons. The summed E-state index contributed by atoms with van der Waals surface area (Å²) in [6, 6.07) is 4.03. The predicted octanol–water partition coefficient (Wildman–Crippen LogP) is 0.188. The van der Waals surface area contributed by atoms with Gasteiger partial charge in [-0.15, -0.1) is 0 Å². The van der Waals surface area contributed by atoms with Crippen LogP contribution in [0.4, 0.5) is 0 Å². The highest BCUT2D eigenvalue weighted by Crippen LogP contribution is 2.11. The second-order valence-corrected chi connectivity index (χ2v) is 5.74. The Morgan fingerprint density at radius 1 is 1.25 bits per heavy atom. The zero-order chi connectivity index (χ0) is 15.3. The lowest BCUT2D eigenvalue weighted by Gasteiger charge is -2.12. The van der Waals surface area contributed by atoms with E-state index in [1.54, 1.807) is 6.92 Å². The number of carboxylic acid groups (broad SMARTS) is 1. The monoisotopic (exact) mass is 300 g/mol. The minimum Gasteiger partial charge on any atom is -0.480 e. The van der Waals surface area contributed by atoms with Crippen LogP contribution in [0.5, 0.6) is 0 Å². The summed E-state index contributed by atoms with van der Waals surface area (Å²) in [7, 11) is -2.46. The van der Waals surface area contributed by atoms with Crippen LogP contribution in [0.25, 0.3) is 0 Å². The fourth-order valence-corrected chi connectivity index (χ4v) is 2.77. The lowest BCUT2D eigenvalue weighted by Crippen LogP contribution is -2.40. The number of sulfonamides is 1. The zero-order valence-electron chi connectivity index (χ0n) is 11.1. The molecule has 0 heterocycles. The molecule has 3 N–H and O–H groups in total. The first kappa shape index (κ1) is 16.1. The SMILES string of the molecule is CC[C@H](NS(=O)(=O)c1ccc(C(=O)NC)cc1)C(=O)O. The third-order valence-corrected chi connectivity index (χ3v) is 4.15. The molecule has 1 rings (SSSR count).